The normalized spacial score (nSPS) is 10.6. The summed E-state index contributed by atoms with van der Waals surface area (Å²) in [6.07, 6.45) is 1.64. The molecule has 0 aliphatic rings. The zero-order chi connectivity index (χ0) is 15.7. The Labute approximate surface area is 126 Å². The predicted molar refractivity (Wildman–Crippen MR) is 80.9 cm³/mol. The van der Waals surface area contributed by atoms with Crippen molar-refractivity contribution < 1.29 is 14.3 Å². The first-order valence-electron chi connectivity index (χ1n) is 6.50. The van der Waals surface area contributed by atoms with E-state index >= 15 is 0 Å². The summed E-state index contributed by atoms with van der Waals surface area (Å²) in [6.45, 7) is 0. The van der Waals surface area contributed by atoms with Gasteiger partial charge in [0, 0.05) is 22.6 Å². The summed E-state index contributed by atoms with van der Waals surface area (Å²) in [6, 6.07) is 7.06. The van der Waals surface area contributed by atoms with Gasteiger partial charge in [-0.2, -0.15) is 5.10 Å². The van der Waals surface area contributed by atoms with Gasteiger partial charge >= 0.3 is 0 Å². The maximum absolute atomic E-state index is 11.5. The number of H-pyrrole nitrogens is 1. The monoisotopic (exact) mass is 298 g/mol. The molecule has 7 heteroatoms. The van der Waals surface area contributed by atoms with Crippen molar-refractivity contribution in [2.75, 3.05) is 14.2 Å². The quantitative estimate of drug-likeness (QED) is 0.763. The number of aromatic nitrogens is 3. The Morgan fingerprint density at radius 3 is 2.68 bits per heavy atom. The lowest BCUT2D eigenvalue weighted by atomic mass is 10.0. The minimum atomic E-state index is -0.606. The maximum Gasteiger partial charge on any atom is 0.267 e. The fourth-order valence-corrected chi connectivity index (χ4v) is 2.30. The number of benzene rings is 1. The van der Waals surface area contributed by atoms with Crippen LogP contribution in [0.2, 0.25) is 0 Å². The van der Waals surface area contributed by atoms with Crippen LogP contribution in [0.1, 0.15) is 10.5 Å². The van der Waals surface area contributed by atoms with E-state index in [1.54, 1.807) is 32.5 Å². The molecular formula is C15H14N4O3. The molecule has 0 aliphatic carbocycles. The van der Waals surface area contributed by atoms with Crippen LogP contribution in [0.25, 0.3) is 22.2 Å². The van der Waals surface area contributed by atoms with Crippen LogP contribution in [0, 0.1) is 0 Å². The second kappa shape index (κ2) is 5.36. The van der Waals surface area contributed by atoms with Gasteiger partial charge in [-0.05, 0) is 18.2 Å². The average Bonchev–Trinajstić information content (AvgIpc) is 3.01. The number of carbonyl (C=O) groups is 1. The van der Waals surface area contributed by atoms with E-state index in [9.17, 15) is 4.79 Å². The Morgan fingerprint density at radius 2 is 2.00 bits per heavy atom. The molecule has 0 bridgehead atoms. The van der Waals surface area contributed by atoms with Crippen molar-refractivity contribution in [3.8, 4) is 22.6 Å². The molecule has 3 aromatic rings. The topological polar surface area (TPSA) is 103 Å². The molecule has 1 aromatic carbocycles. The van der Waals surface area contributed by atoms with Gasteiger partial charge in [0.15, 0.2) is 5.65 Å². The van der Waals surface area contributed by atoms with Crippen molar-refractivity contribution in [3.05, 3.63) is 36.2 Å². The van der Waals surface area contributed by atoms with Crippen molar-refractivity contribution >= 4 is 16.9 Å². The molecule has 22 heavy (non-hydrogen) atoms. The fraction of sp³-hybridized carbons (Fsp3) is 0.133. The maximum atomic E-state index is 11.5. The molecule has 0 fully saturated rings. The van der Waals surface area contributed by atoms with Crippen LogP contribution in [-0.4, -0.2) is 35.3 Å². The van der Waals surface area contributed by atoms with E-state index in [0.29, 0.717) is 17.1 Å². The van der Waals surface area contributed by atoms with Gasteiger partial charge < -0.3 is 15.2 Å². The van der Waals surface area contributed by atoms with E-state index in [0.717, 1.165) is 16.5 Å². The molecule has 0 radical (unpaired) electrons. The summed E-state index contributed by atoms with van der Waals surface area (Å²) in [5, 5.41) is 7.49. The van der Waals surface area contributed by atoms with E-state index in [2.05, 4.69) is 15.2 Å². The highest BCUT2D eigenvalue weighted by Crippen LogP contribution is 2.36. The number of nitrogens with two attached hydrogens (primary N) is 1. The minimum Gasteiger partial charge on any atom is -0.497 e. The number of amides is 1. The summed E-state index contributed by atoms with van der Waals surface area (Å²) < 4.78 is 10.6. The van der Waals surface area contributed by atoms with Crippen molar-refractivity contribution in [1.82, 2.24) is 15.2 Å². The van der Waals surface area contributed by atoms with Gasteiger partial charge in [-0.15, -0.1) is 0 Å². The largest absolute Gasteiger partial charge is 0.497 e. The first kappa shape index (κ1) is 13.9. The van der Waals surface area contributed by atoms with Crippen LogP contribution in [0.5, 0.6) is 11.5 Å². The van der Waals surface area contributed by atoms with Gasteiger partial charge in [-0.3, -0.25) is 9.89 Å². The number of ether oxygens (including phenoxy) is 2. The zero-order valence-electron chi connectivity index (χ0n) is 12.1. The van der Waals surface area contributed by atoms with Crippen LogP contribution < -0.4 is 15.2 Å². The molecule has 112 valence electrons. The average molecular weight is 298 g/mol. The highest BCUT2D eigenvalue weighted by molar-refractivity contribution is 6.00. The van der Waals surface area contributed by atoms with Crippen molar-refractivity contribution in [2.45, 2.75) is 0 Å². The summed E-state index contributed by atoms with van der Waals surface area (Å²) in [5.41, 5.74) is 7.54. The minimum absolute atomic E-state index is 0.157. The van der Waals surface area contributed by atoms with Gasteiger partial charge in [-0.1, -0.05) is 0 Å². The lowest BCUT2D eigenvalue weighted by Crippen LogP contribution is -2.13. The van der Waals surface area contributed by atoms with E-state index in [1.807, 2.05) is 12.1 Å². The van der Waals surface area contributed by atoms with Crippen LogP contribution >= 0.6 is 0 Å². The zero-order valence-corrected chi connectivity index (χ0v) is 12.1. The third-order valence-electron chi connectivity index (χ3n) is 3.37. The highest BCUT2D eigenvalue weighted by Gasteiger charge is 2.16. The Bertz CT molecular complexity index is 857. The fourth-order valence-electron chi connectivity index (χ4n) is 2.30. The molecule has 3 N–H and O–H groups in total. The molecule has 0 unspecified atom stereocenters. The molecule has 0 aliphatic heterocycles. The molecular weight excluding hydrogens is 284 g/mol. The second-order valence-corrected chi connectivity index (χ2v) is 4.62. The molecule has 0 atom stereocenters. The van der Waals surface area contributed by atoms with Crippen molar-refractivity contribution in [2.24, 2.45) is 5.73 Å². The van der Waals surface area contributed by atoms with Gasteiger partial charge in [0.25, 0.3) is 5.91 Å². The third kappa shape index (κ3) is 2.22. The summed E-state index contributed by atoms with van der Waals surface area (Å²) >= 11 is 0. The first-order valence-corrected chi connectivity index (χ1v) is 6.50. The van der Waals surface area contributed by atoms with E-state index in [-0.39, 0.29) is 5.69 Å². The molecule has 7 nitrogen and oxygen atoms in total. The predicted octanol–water partition coefficient (Wildman–Crippen LogP) is 1.74. The van der Waals surface area contributed by atoms with Crippen LogP contribution in [-0.2, 0) is 0 Å². The number of methoxy groups -OCH3 is 2. The molecule has 0 spiro atoms. The number of hydrogen-bond acceptors (Lipinski definition) is 5. The SMILES string of the molecule is COc1ccc(-c2cc(C(N)=O)nc3[nH]ncc23)c(OC)c1. The smallest absolute Gasteiger partial charge is 0.267 e. The van der Waals surface area contributed by atoms with E-state index in [4.69, 9.17) is 15.2 Å². The van der Waals surface area contributed by atoms with Crippen molar-refractivity contribution in [1.29, 1.82) is 0 Å². The van der Waals surface area contributed by atoms with Gasteiger partial charge in [0.1, 0.15) is 17.2 Å². The number of nitrogens with one attached hydrogen (secondary N) is 1. The number of nitrogens with zero attached hydrogens (tertiary/aromatic N) is 2. The number of fused-ring (bicyclic) bond motifs is 1. The van der Waals surface area contributed by atoms with Crippen LogP contribution in [0.15, 0.2) is 30.5 Å². The first-order chi connectivity index (χ1) is 10.6. The van der Waals surface area contributed by atoms with Crippen LogP contribution in [0.3, 0.4) is 0 Å². The van der Waals surface area contributed by atoms with Crippen LogP contribution in [0.4, 0.5) is 0 Å². The number of rotatable bonds is 4. The Kier molecular flexibility index (Phi) is 3.38. The Hall–Kier alpha value is -3.09. The standard InChI is InChI=1S/C15H14N4O3/c1-21-8-3-4-9(13(5-8)22-2)10-6-12(14(16)20)18-15-11(10)7-17-19-15/h3-7H,1-2H3,(H2,16,20)(H,17,18,19). The molecule has 1 amide bonds. The summed E-state index contributed by atoms with van der Waals surface area (Å²) in [7, 11) is 3.15. The lowest BCUT2D eigenvalue weighted by molar-refractivity contribution is 0.0996. The third-order valence-corrected chi connectivity index (χ3v) is 3.37. The number of primary amides is 1. The lowest BCUT2D eigenvalue weighted by Gasteiger charge is -2.12. The van der Waals surface area contributed by atoms with E-state index < -0.39 is 5.91 Å². The van der Waals surface area contributed by atoms with E-state index in [1.165, 1.54) is 0 Å². The highest BCUT2D eigenvalue weighted by atomic mass is 16.5. The number of pyridine rings is 1. The summed E-state index contributed by atoms with van der Waals surface area (Å²) in [4.78, 5) is 15.6. The molecule has 0 saturated heterocycles. The molecule has 2 aromatic heterocycles. The molecule has 0 saturated carbocycles. The molecule has 3 rings (SSSR count). The number of hydrogen-bond donors (Lipinski definition) is 2. The van der Waals surface area contributed by atoms with Gasteiger partial charge in [0.2, 0.25) is 0 Å². The summed E-state index contributed by atoms with van der Waals surface area (Å²) in [5.74, 6) is 0.682. The Morgan fingerprint density at radius 1 is 1.18 bits per heavy atom. The second-order valence-electron chi connectivity index (χ2n) is 4.62. The Balaban J connectivity index is 2.29. The van der Waals surface area contributed by atoms with Gasteiger partial charge in [0.05, 0.1) is 20.4 Å². The van der Waals surface area contributed by atoms with Crippen molar-refractivity contribution in [3.63, 3.8) is 0 Å². The van der Waals surface area contributed by atoms with Gasteiger partial charge in [-0.25, -0.2) is 4.98 Å². The molecule has 2 heterocycles. The number of carbonyl (C=O) groups excluding carboxylic acids is 1. The number of aromatic amines is 1.